The summed E-state index contributed by atoms with van der Waals surface area (Å²) in [6.07, 6.45) is 0. The van der Waals surface area contributed by atoms with Crippen molar-refractivity contribution >= 4 is 87.0 Å². The Morgan fingerprint density at radius 3 is 0.856 bits per heavy atom. The number of hydrogen-bond acceptors (Lipinski definition) is 10. The molecule has 14 aromatic carbocycles. The molecule has 6 heterocycles. The van der Waals surface area contributed by atoms with Crippen LogP contribution in [0.2, 0.25) is 0 Å². The van der Waals surface area contributed by atoms with Crippen molar-refractivity contribution in [3.05, 3.63) is 352 Å². The minimum absolute atomic E-state index is 0.608. The van der Waals surface area contributed by atoms with Crippen LogP contribution in [0.5, 0.6) is 0 Å². The van der Waals surface area contributed by atoms with Gasteiger partial charge in [0.2, 0.25) is 0 Å². The van der Waals surface area contributed by atoms with E-state index in [1.165, 1.54) is 16.7 Å². The molecule has 0 atom stereocenters. The van der Waals surface area contributed by atoms with Crippen LogP contribution in [0.15, 0.2) is 352 Å². The molecule has 0 aliphatic rings. The third-order valence-corrected chi connectivity index (χ3v) is 19.3. The minimum atomic E-state index is 0.608. The maximum absolute atomic E-state index is 5.31. The summed E-state index contributed by atoms with van der Waals surface area (Å²) >= 11 is 0. The molecule has 0 spiro atoms. The van der Waals surface area contributed by atoms with Crippen molar-refractivity contribution in [2.75, 3.05) is 0 Å². The van der Waals surface area contributed by atoms with Crippen LogP contribution in [0.4, 0.5) is 0 Å². The lowest BCUT2D eigenvalue weighted by Crippen LogP contribution is -2.00. The summed E-state index contributed by atoms with van der Waals surface area (Å²) < 4.78 is 0. The fourth-order valence-electron chi connectivity index (χ4n) is 14.2. The van der Waals surface area contributed by atoms with Crippen molar-refractivity contribution in [1.82, 2.24) is 49.8 Å². The normalized spacial score (nSPS) is 11.5. The van der Waals surface area contributed by atoms with E-state index in [4.69, 9.17) is 49.8 Å². The van der Waals surface area contributed by atoms with E-state index < -0.39 is 0 Å². The summed E-state index contributed by atoms with van der Waals surface area (Å²) in [5.41, 5.74) is 19.6. The fraction of sp³-hybridized carbons (Fsp3) is 0. The Labute approximate surface area is 598 Å². The van der Waals surface area contributed by atoms with Gasteiger partial charge in [0, 0.05) is 88.0 Å². The van der Waals surface area contributed by atoms with E-state index in [0.717, 1.165) is 148 Å². The largest absolute Gasteiger partial charge is 0.245 e. The van der Waals surface area contributed by atoms with Crippen LogP contribution in [0.1, 0.15) is 0 Å². The van der Waals surface area contributed by atoms with Crippen LogP contribution in [-0.4, -0.2) is 49.8 Å². The van der Waals surface area contributed by atoms with Gasteiger partial charge in [0.1, 0.15) is 0 Å². The molecule has 0 unspecified atom stereocenters. The monoisotopic (exact) mass is 1330 g/mol. The number of hydrogen-bond donors (Lipinski definition) is 0. The molecular formula is C94H58N10. The molecule has 0 saturated carbocycles. The third kappa shape index (κ3) is 11.5. The highest BCUT2D eigenvalue weighted by molar-refractivity contribution is 6.18. The van der Waals surface area contributed by atoms with Crippen LogP contribution in [-0.2, 0) is 0 Å². The summed E-state index contributed by atoms with van der Waals surface area (Å²) in [7, 11) is 0. The highest BCUT2D eigenvalue weighted by Gasteiger charge is 2.20. The summed E-state index contributed by atoms with van der Waals surface area (Å²) in [5, 5.41) is 11.1. The molecule has 20 aromatic rings. The quantitative estimate of drug-likeness (QED) is 0.0964. The predicted octanol–water partition coefficient (Wildman–Crippen LogP) is 23.2. The van der Waals surface area contributed by atoms with Gasteiger partial charge in [-0.25, -0.2) is 49.8 Å². The Hall–Kier alpha value is -14.2. The molecule has 0 saturated heterocycles. The maximum Gasteiger partial charge on any atom is 0.164 e. The van der Waals surface area contributed by atoms with Gasteiger partial charge in [0.05, 0.1) is 44.5 Å². The summed E-state index contributed by atoms with van der Waals surface area (Å²) in [6.45, 7) is 0. The highest BCUT2D eigenvalue weighted by atomic mass is 15.0. The molecule has 10 nitrogen and oxygen atoms in total. The van der Waals surface area contributed by atoms with Crippen molar-refractivity contribution in [3.63, 3.8) is 0 Å². The number of para-hydroxylation sites is 2. The summed E-state index contributed by atoms with van der Waals surface area (Å²) in [6, 6.07) is 121. The van der Waals surface area contributed by atoms with Crippen molar-refractivity contribution in [3.8, 4) is 113 Å². The maximum atomic E-state index is 5.31. The number of rotatable bonds is 10. The molecule has 104 heavy (non-hydrogen) atoms. The van der Waals surface area contributed by atoms with Crippen molar-refractivity contribution in [1.29, 1.82) is 0 Å². The second-order valence-corrected chi connectivity index (χ2v) is 25.8. The Bertz CT molecular complexity index is 6590. The van der Waals surface area contributed by atoms with E-state index >= 15 is 0 Å². The molecule has 0 fully saturated rings. The molecule has 6 aromatic heterocycles. The average molecular weight is 1330 g/mol. The van der Waals surface area contributed by atoms with Gasteiger partial charge in [-0.05, 0) is 87.3 Å². The lowest BCUT2D eigenvalue weighted by atomic mass is 9.95. The standard InChI is InChI=1S/C51H31N5.C43H27N5/c1-4-12-32(13-5-1)46-42-18-10-11-19-45(42)53-48-43(46)26-24-33-25-27-44(52-47(33)48)38-22-20-36-29-41-31-39(23-21-37(41)28-40(36)30-38)51-55-49(34-14-6-2-7-15-34)54-50(56-51)35-16-8-3-9-17-35;1-4-13-28(14-5-1)38-34-21-10-11-22-37(34)45-40-35(38)25-23-29-24-26-36(44-39(29)40)32-19-12-20-33(27-32)43-47-41(30-15-6-2-7-16-30)46-42(48-43)31-17-8-3-9-18-31/h1-31H;1-27H. The smallest absolute Gasteiger partial charge is 0.164 e. The predicted molar refractivity (Wildman–Crippen MR) is 425 cm³/mol. The van der Waals surface area contributed by atoms with E-state index in [9.17, 15) is 0 Å². The van der Waals surface area contributed by atoms with E-state index in [0.29, 0.717) is 34.9 Å². The zero-order valence-corrected chi connectivity index (χ0v) is 56.0. The second kappa shape index (κ2) is 26.1. The topological polar surface area (TPSA) is 129 Å². The first-order valence-corrected chi connectivity index (χ1v) is 34.7. The molecule has 0 aliphatic carbocycles. The van der Waals surface area contributed by atoms with Gasteiger partial charge in [-0.15, -0.1) is 0 Å². The van der Waals surface area contributed by atoms with Gasteiger partial charge >= 0.3 is 0 Å². The van der Waals surface area contributed by atoms with Crippen LogP contribution >= 0.6 is 0 Å². The molecule has 484 valence electrons. The van der Waals surface area contributed by atoms with E-state index in [1.807, 2.05) is 146 Å². The Morgan fingerprint density at radius 2 is 0.442 bits per heavy atom. The first kappa shape index (κ1) is 60.9. The van der Waals surface area contributed by atoms with Gasteiger partial charge < -0.3 is 0 Å². The molecule has 0 bridgehead atoms. The summed E-state index contributed by atoms with van der Waals surface area (Å²) in [5.74, 6) is 3.81. The molecule has 0 radical (unpaired) electrons. The third-order valence-electron chi connectivity index (χ3n) is 19.3. The first-order chi connectivity index (χ1) is 51.5. The number of aromatic nitrogens is 10. The van der Waals surface area contributed by atoms with Gasteiger partial charge in [0.15, 0.2) is 34.9 Å². The van der Waals surface area contributed by atoms with Gasteiger partial charge in [0.25, 0.3) is 0 Å². The Kier molecular flexibility index (Phi) is 15.3. The Morgan fingerprint density at radius 1 is 0.144 bits per heavy atom. The number of pyridine rings is 4. The number of fused-ring (bicyclic) bond motifs is 10. The molecule has 0 amide bonds. The van der Waals surface area contributed by atoms with Gasteiger partial charge in [-0.1, -0.05) is 297 Å². The van der Waals surface area contributed by atoms with E-state index in [1.54, 1.807) is 0 Å². The van der Waals surface area contributed by atoms with E-state index in [-0.39, 0.29) is 0 Å². The molecule has 10 heteroatoms. The van der Waals surface area contributed by atoms with Crippen molar-refractivity contribution in [2.24, 2.45) is 0 Å². The molecule has 0 aliphatic heterocycles. The number of benzene rings is 14. The van der Waals surface area contributed by atoms with Gasteiger partial charge in [-0.3, -0.25) is 0 Å². The van der Waals surface area contributed by atoms with Crippen LogP contribution < -0.4 is 0 Å². The SMILES string of the molecule is c1ccc(-c2nc(-c3ccccc3)nc(-c3ccc4cc5cc(-c6ccc7ccc8c(-c9ccccc9)c9ccccc9nc8c7n6)ccc5cc4c3)n2)cc1.c1ccc(-c2nc(-c3ccccc3)nc(-c3cccc(-c4ccc5ccc6c(-c7ccccc7)c7ccccc7nc6c5n4)c3)n2)cc1. The van der Waals surface area contributed by atoms with Crippen molar-refractivity contribution in [2.45, 2.75) is 0 Å². The second-order valence-electron chi connectivity index (χ2n) is 25.8. The Balaban J connectivity index is 0.000000145. The average Bonchev–Trinajstić information content (AvgIpc) is 0.745. The van der Waals surface area contributed by atoms with Crippen LogP contribution in [0.25, 0.3) is 200 Å². The lowest BCUT2D eigenvalue weighted by molar-refractivity contribution is 1.07. The van der Waals surface area contributed by atoms with Crippen molar-refractivity contribution < 1.29 is 0 Å². The van der Waals surface area contributed by atoms with Crippen LogP contribution in [0.3, 0.4) is 0 Å². The lowest BCUT2D eigenvalue weighted by Gasteiger charge is -2.13. The van der Waals surface area contributed by atoms with Crippen LogP contribution in [0, 0.1) is 0 Å². The van der Waals surface area contributed by atoms with E-state index in [2.05, 4.69) is 206 Å². The molecular weight excluding hydrogens is 1270 g/mol. The summed E-state index contributed by atoms with van der Waals surface area (Å²) in [4.78, 5) is 50.5. The molecule has 0 N–H and O–H groups in total. The minimum Gasteiger partial charge on any atom is -0.245 e. The highest BCUT2D eigenvalue weighted by Crippen LogP contribution is 2.41. The molecule has 20 rings (SSSR count). The fourth-order valence-corrected chi connectivity index (χ4v) is 14.2. The van der Waals surface area contributed by atoms with Gasteiger partial charge in [-0.2, -0.15) is 0 Å². The first-order valence-electron chi connectivity index (χ1n) is 34.7. The zero-order chi connectivity index (χ0) is 68.9. The zero-order valence-electron chi connectivity index (χ0n) is 56.0. The number of nitrogens with zero attached hydrogens (tertiary/aromatic N) is 10.